The van der Waals surface area contributed by atoms with Crippen molar-refractivity contribution in [3.63, 3.8) is 0 Å². The molecular formula is C11H12BNO2. The SMILES string of the molecule is OB(O)c1cn(C2CC2)c2ccccc12. The molecule has 1 fully saturated rings. The summed E-state index contributed by atoms with van der Waals surface area (Å²) in [6.07, 6.45) is 4.26. The first-order valence-corrected chi connectivity index (χ1v) is 5.23. The van der Waals surface area contributed by atoms with E-state index in [9.17, 15) is 10.0 Å². The Balaban J connectivity index is 2.27. The van der Waals surface area contributed by atoms with Crippen molar-refractivity contribution in [2.24, 2.45) is 0 Å². The first-order chi connectivity index (χ1) is 7.27. The standard InChI is InChI=1S/C11H12BNO2/c14-12(15)10-7-13(8-5-6-8)11-4-2-1-3-9(10)11/h1-4,7-8,14-15H,5-6H2. The molecule has 2 N–H and O–H groups in total. The lowest BCUT2D eigenvalue weighted by Crippen LogP contribution is -2.29. The lowest BCUT2D eigenvalue weighted by Gasteiger charge is -2.00. The van der Waals surface area contributed by atoms with E-state index in [1.165, 1.54) is 12.8 Å². The van der Waals surface area contributed by atoms with Crippen LogP contribution >= 0.6 is 0 Å². The van der Waals surface area contributed by atoms with Crippen molar-refractivity contribution in [3.8, 4) is 0 Å². The van der Waals surface area contributed by atoms with Gasteiger partial charge in [0.2, 0.25) is 0 Å². The average Bonchev–Trinajstić information content (AvgIpc) is 2.99. The molecule has 0 atom stereocenters. The van der Waals surface area contributed by atoms with E-state index in [1.807, 2.05) is 30.5 Å². The second kappa shape index (κ2) is 3.12. The summed E-state index contributed by atoms with van der Waals surface area (Å²) in [4.78, 5) is 0. The summed E-state index contributed by atoms with van der Waals surface area (Å²) in [5.74, 6) is 0. The van der Waals surface area contributed by atoms with Crippen LogP contribution in [0.2, 0.25) is 0 Å². The third kappa shape index (κ3) is 1.37. The number of hydrogen-bond donors (Lipinski definition) is 2. The Kier molecular flexibility index (Phi) is 1.87. The van der Waals surface area contributed by atoms with E-state index in [4.69, 9.17) is 0 Å². The molecule has 0 radical (unpaired) electrons. The number of fused-ring (bicyclic) bond motifs is 1. The number of benzene rings is 1. The molecule has 1 aliphatic rings. The van der Waals surface area contributed by atoms with Gasteiger partial charge < -0.3 is 14.6 Å². The van der Waals surface area contributed by atoms with Gasteiger partial charge in [0.25, 0.3) is 0 Å². The molecule has 1 heterocycles. The summed E-state index contributed by atoms with van der Waals surface area (Å²) in [5, 5.41) is 19.5. The molecular weight excluding hydrogens is 189 g/mol. The van der Waals surface area contributed by atoms with Gasteiger partial charge in [0, 0.05) is 23.2 Å². The Morgan fingerprint density at radius 2 is 1.93 bits per heavy atom. The van der Waals surface area contributed by atoms with E-state index in [-0.39, 0.29) is 0 Å². The third-order valence-electron chi connectivity index (χ3n) is 2.99. The fourth-order valence-corrected chi connectivity index (χ4v) is 2.09. The second-order valence-corrected chi connectivity index (χ2v) is 4.11. The molecule has 3 nitrogen and oxygen atoms in total. The highest BCUT2D eigenvalue weighted by atomic mass is 16.4. The lowest BCUT2D eigenvalue weighted by molar-refractivity contribution is 0.426. The molecule has 0 unspecified atom stereocenters. The molecule has 0 saturated heterocycles. The van der Waals surface area contributed by atoms with Crippen molar-refractivity contribution in [3.05, 3.63) is 30.5 Å². The van der Waals surface area contributed by atoms with E-state index in [2.05, 4.69) is 4.57 Å². The van der Waals surface area contributed by atoms with Crippen LogP contribution < -0.4 is 5.46 Å². The van der Waals surface area contributed by atoms with Crippen molar-refractivity contribution in [1.82, 2.24) is 4.57 Å². The number of rotatable bonds is 2. The highest BCUT2D eigenvalue weighted by Gasteiger charge is 2.27. The van der Waals surface area contributed by atoms with Crippen molar-refractivity contribution in [2.45, 2.75) is 18.9 Å². The zero-order chi connectivity index (χ0) is 10.4. The first kappa shape index (κ1) is 9.01. The van der Waals surface area contributed by atoms with Crippen LogP contribution in [0.3, 0.4) is 0 Å². The zero-order valence-corrected chi connectivity index (χ0v) is 8.30. The molecule has 1 aromatic heterocycles. The van der Waals surface area contributed by atoms with Gasteiger partial charge in [-0.25, -0.2) is 0 Å². The predicted octanol–water partition coefficient (Wildman–Crippen LogP) is 0.656. The number of aromatic nitrogens is 1. The van der Waals surface area contributed by atoms with Gasteiger partial charge in [0.15, 0.2) is 0 Å². The molecule has 4 heteroatoms. The maximum absolute atomic E-state index is 9.28. The van der Waals surface area contributed by atoms with E-state index in [0.29, 0.717) is 11.5 Å². The fraction of sp³-hybridized carbons (Fsp3) is 0.273. The van der Waals surface area contributed by atoms with Gasteiger partial charge in [-0.15, -0.1) is 0 Å². The van der Waals surface area contributed by atoms with Crippen LogP contribution in [0.1, 0.15) is 18.9 Å². The van der Waals surface area contributed by atoms with Gasteiger partial charge in [-0.2, -0.15) is 0 Å². The van der Waals surface area contributed by atoms with Crippen LogP contribution in [0, 0.1) is 0 Å². The Morgan fingerprint density at radius 3 is 2.60 bits per heavy atom. The molecule has 0 bridgehead atoms. The van der Waals surface area contributed by atoms with Crippen molar-refractivity contribution in [1.29, 1.82) is 0 Å². The Bertz CT molecular complexity index is 466. The van der Waals surface area contributed by atoms with E-state index in [1.54, 1.807) is 0 Å². The molecule has 76 valence electrons. The van der Waals surface area contributed by atoms with Gasteiger partial charge in [-0.3, -0.25) is 0 Å². The maximum atomic E-state index is 9.28. The van der Waals surface area contributed by atoms with Crippen LogP contribution in [-0.2, 0) is 0 Å². The Morgan fingerprint density at radius 1 is 1.20 bits per heavy atom. The molecule has 3 rings (SSSR count). The fourth-order valence-electron chi connectivity index (χ4n) is 2.09. The minimum Gasteiger partial charge on any atom is -0.423 e. The molecule has 0 aliphatic heterocycles. The normalized spacial score (nSPS) is 15.9. The number of para-hydroxylation sites is 1. The van der Waals surface area contributed by atoms with Gasteiger partial charge >= 0.3 is 7.12 Å². The summed E-state index contributed by atoms with van der Waals surface area (Å²) in [6, 6.07) is 8.42. The van der Waals surface area contributed by atoms with Gasteiger partial charge in [0.1, 0.15) is 0 Å². The quantitative estimate of drug-likeness (QED) is 0.701. The summed E-state index contributed by atoms with van der Waals surface area (Å²) in [5.41, 5.74) is 1.71. The van der Waals surface area contributed by atoms with Crippen LogP contribution in [-0.4, -0.2) is 21.7 Å². The smallest absolute Gasteiger partial charge is 0.423 e. The van der Waals surface area contributed by atoms with Gasteiger partial charge in [-0.1, -0.05) is 18.2 Å². The van der Waals surface area contributed by atoms with Crippen LogP contribution in [0.15, 0.2) is 30.5 Å². The van der Waals surface area contributed by atoms with E-state index < -0.39 is 7.12 Å². The summed E-state index contributed by atoms with van der Waals surface area (Å²) in [7, 11) is -1.38. The largest absolute Gasteiger partial charge is 0.490 e. The molecule has 0 amide bonds. The van der Waals surface area contributed by atoms with Crippen molar-refractivity contribution >= 4 is 23.5 Å². The lowest BCUT2D eigenvalue weighted by atomic mass is 9.80. The minimum absolute atomic E-state index is 0.558. The molecule has 2 aromatic rings. The topological polar surface area (TPSA) is 45.4 Å². The summed E-state index contributed by atoms with van der Waals surface area (Å²) in [6.45, 7) is 0. The average molecular weight is 201 g/mol. The highest BCUT2D eigenvalue weighted by molar-refractivity contribution is 6.62. The molecule has 0 spiro atoms. The second-order valence-electron chi connectivity index (χ2n) is 4.11. The highest BCUT2D eigenvalue weighted by Crippen LogP contribution is 2.37. The number of nitrogens with zero attached hydrogens (tertiary/aromatic N) is 1. The van der Waals surface area contributed by atoms with Crippen LogP contribution in [0.5, 0.6) is 0 Å². The van der Waals surface area contributed by atoms with Gasteiger partial charge in [0.05, 0.1) is 0 Å². The zero-order valence-electron chi connectivity index (χ0n) is 8.30. The Hall–Kier alpha value is -1.26. The molecule has 15 heavy (non-hydrogen) atoms. The monoisotopic (exact) mass is 201 g/mol. The first-order valence-electron chi connectivity index (χ1n) is 5.23. The number of hydrogen-bond acceptors (Lipinski definition) is 2. The minimum atomic E-state index is -1.38. The molecule has 1 aliphatic carbocycles. The predicted molar refractivity (Wildman–Crippen MR) is 60.0 cm³/mol. The summed E-state index contributed by atoms with van der Waals surface area (Å²) >= 11 is 0. The van der Waals surface area contributed by atoms with Crippen LogP contribution in [0.25, 0.3) is 10.9 Å². The maximum Gasteiger partial charge on any atom is 0.490 e. The van der Waals surface area contributed by atoms with E-state index in [0.717, 1.165) is 10.9 Å². The summed E-state index contributed by atoms with van der Waals surface area (Å²) < 4.78 is 2.16. The van der Waals surface area contributed by atoms with Gasteiger partial charge in [-0.05, 0) is 24.3 Å². The van der Waals surface area contributed by atoms with Crippen LogP contribution in [0.4, 0.5) is 0 Å². The molecule has 1 saturated carbocycles. The van der Waals surface area contributed by atoms with Crippen molar-refractivity contribution < 1.29 is 10.0 Å². The third-order valence-corrected chi connectivity index (χ3v) is 2.99. The molecule has 1 aromatic carbocycles. The van der Waals surface area contributed by atoms with Crippen molar-refractivity contribution in [2.75, 3.05) is 0 Å². The Labute approximate surface area is 88.1 Å². The van der Waals surface area contributed by atoms with E-state index >= 15 is 0 Å².